The molecule has 3 amide bonds. The minimum atomic E-state index is -0.981. The number of benzene rings is 4. The number of aliphatic hydroxyl groups excluding tert-OH is 1. The zero-order valence-corrected chi connectivity index (χ0v) is 42.6. The summed E-state index contributed by atoms with van der Waals surface area (Å²) in [4.78, 5) is 64.5. The molecule has 17 heteroatoms. The maximum atomic E-state index is 14.1. The number of β-amino-alcohol motifs (C(OH)–C–C–N with tert-alkyl or cyclic N) is 1. The number of rotatable bonds is 22. The molecule has 4 atom stereocenters. The fourth-order valence-corrected chi connectivity index (χ4v) is 10.5. The maximum absolute atomic E-state index is 14.1. The number of likely N-dealkylation sites (tertiary alicyclic amines) is 1. The van der Waals surface area contributed by atoms with E-state index in [1.54, 1.807) is 78.1 Å². The number of nitrogens with one attached hydrogen (secondary N) is 2. The van der Waals surface area contributed by atoms with Crippen LogP contribution >= 0.6 is 22.7 Å². The summed E-state index contributed by atoms with van der Waals surface area (Å²) in [6.45, 7) is 14.4. The van der Waals surface area contributed by atoms with E-state index in [0.717, 1.165) is 48.8 Å². The molecule has 0 spiro atoms. The maximum Gasteiger partial charge on any atom is 0.246 e. The molecule has 2 aromatic heterocycles. The number of thiazole rings is 1. The van der Waals surface area contributed by atoms with Gasteiger partial charge in [-0.1, -0.05) is 52.0 Å². The van der Waals surface area contributed by atoms with Crippen LogP contribution in [0.3, 0.4) is 0 Å². The van der Waals surface area contributed by atoms with Crippen molar-refractivity contribution in [1.82, 2.24) is 25.4 Å². The highest BCUT2D eigenvalue weighted by Gasteiger charge is 2.44. The van der Waals surface area contributed by atoms with Gasteiger partial charge in [0, 0.05) is 52.1 Å². The third-order valence-corrected chi connectivity index (χ3v) is 14.7. The number of nitrogens with zero attached hydrogens (tertiary/aromatic N) is 3. The zero-order valence-electron chi connectivity index (χ0n) is 41.0. The number of thiophene rings is 1. The van der Waals surface area contributed by atoms with Crippen molar-refractivity contribution in [2.24, 2.45) is 5.41 Å². The van der Waals surface area contributed by atoms with E-state index in [1.807, 2.05) is 71.3 Å². The number of phenols is 2. The van der Waals surface area contributed by atoms with Crippen molar-refractivity contribution < 1.29 is 48.7 Å². The first kappa shape index (κ1) is 52.6. The van der Waals surface area contributed by atoms with Gasteiger partial charge in [0.1, 0.15) is 42.5 Å². The number of fused-ring (bicyclic) bond motifs is 1. The Morgan fingerprint density at radius 1 is 0.845 bits per heavy atom. The first-order chi connectivity index (χ1) is 34.0. The number of ketones is 1. The average molecular weight is 1010 g/mol. The molecule has 71 heavy (non-hydrogen) atoms. The van der Waals surface area contributed by atoms with Gasteiger partial charge >= 0.3 is 0 Å². The van der Waals surface area contributed by atoms with Crippen molar-refractivity contribution in [2.75, 3.05) is 59.2 Å². The Morgan fingerprint density at radius 2 is 1.51 bits per heavy atom. The Morgan fingerprint density at radius 3 is 2.18 bits per heavy atom. The fraction of sp³-hybridized carbons (Fsp3) is 0.389. The second-order valence-corrected chi connectivity index (χ2v) is 20.6. The molecule has 0 radical (unpaired) electrons. The standard InChI is InChI=1S/C54H63N5O10S2/c1-7-58(23-25-69-42-19-14-36(15-20-42)48(64)47-43-21-18-40(61)29-45(43)71-50(47)38-12-16-39(60)17-13-38)22-24-67-26-27-68-31-46(63)57-51(54(4,5)6)53(66)59-30-41(62)28-44(59)52(65)56-33(2)35-8-10-37(11-9-35)49-34(3)55-32-70-49/h8-21,29,32-33,41,44,51,60-62H,7,22-28,30-31H2,1-6H3,(H,56,65)(H,57,63). The Labute approximate surface area is 422 Å². The Balaban J connectivity index is 0.813. The molecule has 3 heterocycles. The lowest BCUT2D eigenvalue weighted by Gasteiger charge is -2.35. The normalized spacial score (nSPS) is 15.7. The van der Waals surface area contributed by atoms with Gasteiger partial charge in [-0.25, -0.2) is 4.98 Å². The number of ether oxygens (including phenoxy) is 3. The molecule has 15 nitrogen and oxygen atoms in total. The van der Waals surface area contributed by atoms with Crippen LogP contribution in [0.1, 0.15) is 74.3 Å². The monoisotopic (exact) mass is 1010 g/mol. The lowest BCUT2D eigenvalue weighted by atomic mass is 9.85. The van der Waals surface area contributed by atoms with Crippen LogP contribution in [0.4, 0.5) is 0 Å². The van der Waals surface area contributed by atoms with Crippen molar-refractivity contribution in [3.05, 3.63) is 119 Å². The summed E-state index contributed by atoms with van der Waals surface area (Å²) >= 11 is 2.98. The number of likely N-dealkylation sites (N-methyl/N-ethyl adjacent to an activating group) is 1. The quantitative estimate of drug-likeness (QED) is 0.0328. The number of carbonyl (C=O) groups excluding carboxylic acids is 4. The van der Waals surface area contributed by atoms with E-state index in [4.69, 9.17) is 14.2 Å². The third kappa shape index (κ3) is 13.4. The first-order valence-corrected chi connectivity index (χ1v) is 25.5. The Bertz CT molecular complexity index is 2770. The van der Waals surface area contributed by atoms with Crippen LogP contribution in [0, 0.1) is 12.3 Å². The molecule has 6 aromatic rings. The van der Waals surface area contributed by atoms with Crippen LogP contribution in [0.2, 0.25) is 0 Å². The first-order valence-electron chi connectivity index (χ1n) is 23.8. The predicted molar refractivity (Wildman–Crippen MR) is 276 cm³/mol. The van der Waals surface area contributed by atoms with Crippen molar-refractivity contribution in [2.45, 2.75) is 72.2 Å². The fourth-order valence-electron chi connectivity index (χ4n) is 8.49. The molecule has 376 valence electrons. The van der Waals surface area contributed by atoms with E-state index < -0.39 is 35.4 Å². The van der Waals surface area contributed by atoms with Crippen LogP contribution in [0.25, 0.3) is 31.0 Å². The van der Waals surface area contributed by atoms with Gasteiger partial charge in [0.15, 0.2) is 5.78 Å². The molecule has 1 saturated heterocycles. The number of aromatic nitrogens is 1. The second kappa shape index (κ2) is 23.8. The lowest BCUT2D eigenvalue weighted by molar-refractivity contribution is -0.144. The van der Waals surface area contributed by atoms with Gasteiger partial charge in [0.2, 0.25) is 17.7 Å². The highest BCUT2D eigenvalue weighted by atomic mass is 32.1. The van der Waals surface area contributed by atoms with Gasteiger partial charge < -0.3 is 45.1 Å². The van der Waals surface area contributed by atoms with Gasteiger partial charge in [0.05, 0.1) is 48.0 Å². The van der Waals surface area contributed by atoms with Crippen LogP contribution < -0.4 is 15.4 Å². The minimum Gasteiger partial charge on any atom is -0.508 e. The number of aliphatic hydroxyl groups is 1. The van der Waals surface area contributed by atoms with E-state index >= 15 is 0 Å². The number of carbonyl (C=O) groups is 4. The summed E-state index contributed by atoms with van der Waals surface area (Å²) in [5.74, 6) is -0.603. The number of aryl methyl sites for hydroxylation is 1. The number of hydrogen-bond donors (Lipinski definition) is 5. The predicted octanol–water partition coefficient (Wildman–Crippen LogP) is 7.75. The highest BCUT2D eigenvalue weighted by molar-refractivity contribution is 7.22. The molecule has 0 bridgehead atoms. The Hall–Kier alpha value is -6.21. The summed E-state index contributed by atoms with van der Waals surface area (Å²) < 4.78 is 18.2. The van der Waals surface area contributed by atoms with Crippen LogP contribution in [0.5, 0.6) is 17.2 Å². The molecule has 7 rings (SSSR count). The van der Waals surface area contributed by atoms with Gasteiger partial charge in [-0.3, -0.25) is 24.1 Å². The van der Waals surface area contributed by atoms with Gasteiger partial charge in [0.25, 0.3) is 0 Å². The lowest BCUT2D eigenvalue weighted by Crippen LogP contribution is -2.58. The molecular formula is C54H63N5O10S2. The van der Waals surface area contributed by atoms with Crippen LogP contribution in [-0.4, -0.2) is 131 Å². The van der Waals surface area contributed by atoms with Crippen molar-refractivity contribution in [3.63, 3.8) is 0 Å². The van der Waals surface area contributed by atoms with E-state index in [0.29, 0.717) is 43.2 Å². The zero-order chi connectivity index (χ0) is 50.8. The smallest absolute Gasteiger partial charge is 0.246 e. The second-order valence-electron chi connectivity index (χ2n) is 18.7. The topological polar surface area (TPSA) is 200 Å². The number of aromatic hydroxyl groups is 2. The molecule has 0 saturated carbocycles. The van der Waals surface area contributed by atoms with E-state index in [2.05, 4.69) is 20.5 Å². The summed E-state index contributed by atoms with van der Waals surface area (Å²) in [6.07, 6.45) is -0.805. The molecule has 1 fully saturated rings. The molecule has 0 aliphatic carbocycles. The van der Waals surface area contributed by atoms with Gasteiger partial charge in [-0.05, 0) is 109 Å². The molecule has 5 N–H and O–H groups in total. The molecule has 4 unspecified atom stereocenters. The molecule has 4 aromatic carbocycles. The molecule has 1 aliphatic heterocycles. The number of amides is 3. The summed E-state index contributed by atoms with van der Waals surface area (Å²) in [7, 11) is 0. The SMILES string of the molecule is CCN(CCOCCOCC(=O)NC(C(=O)N1CC(O)CC1C(=O)NC(C)c1ccc(-c2scnc2C)cc1)C(C)(C)C)CCOc1ccc(C(=O)c2c(-c3ccc(O)cc3)sc3cc(O)ccc23)cc1. The number of phenolic OH excluding ortho intramolecular Hbond substituents is 2. The van der Waals surface area contributed by atoms with Gasteiger partial charge in [-0.2, -0.15) is 0 Å². The van der Waals surface area contributed by atoms with Gasteiger partial charge in [-0.15, -0.1) is 22.7 Å². The largest absolute Gasteiger partial charge is 0.508 e. The molecular weight excluding hydrogens is 943 g/mol. The van der Waals surface area contributed by atoms with E-state index in [9.17, 15) is 34.5 Å². The Kier molecular flexibility index (Phi) is 17.6. The number of hydrogen-bond acceptors (Lipinski definition) is 14. The summed E-state index contributed by atoms with van der Waals surface area (Å²) in [5, 5.41) is 37.2. The van der Waals surface area contributed by atoms with Crippen molar-refractivity contribution in [3.8, 4) is 38.1 Å². The minimum absolute atomic E-state index is 0.0286. The van der Waals surface area contributed by atoms with E-state index in [1.165, 1.54) is 16.2 Å². The molecule has 1 aliphatic rings. The van der Waals surface area contributed by atoms with Crippen LogP contribution in [0.15, 0.2) is 96.5 Å². The van der Waals surface area contributed by atoms with E-state index in [-0.39, 0.29) is 62.0 Å². The summed E-state index contributed by atoms with van der Waals surface area (Å²) in [5.41, 5.74) is 5.81. The van der Waals surface area contributed by atoms with Crippen molar-refractivity contribution >= 4 is 56.3 Å². The van der Waals surface area contributed by atoms with Crippen molar-refractivity contribution in [1.29, 1.82) is 0 Å². The average Bonchev–Trinajstić information content (AvgIpc) is 4.08. The highest BCUT2D eigenvalue weighted by Crippen LogP contribution is 2.42. The summed E-state index contributed by atoms with van der Waals surface area (Å²) in [6, 6.07) is 24.4. The third-order valence-electron chi connectivity index (χ3n) is 12.5. The van der Waals surface area contributed by atoms with Crippen LogP contribution in [-0.2, 0) is 23.9 Å².